The number of carbonyl (C=O) groups is 2. The maximum atomic E-state index is 12.8. The van der Waals surface area contributed by atoms with E-state index in [0.717, 1.165) is 25.7 Å². The van der Waals surface area contributed by atoms with E-state index in [1.807, 2.05) is 0 Å². The summed E-state index contributed by atoms with van der Waals surface area (Å²) in [5.41, 5.74) is 0.408. The minimum absolute atomic E-state index is 0.148. The lowest BCUT2D eigenvalue weighted by Gasteiger charge is -2.16. The first-order valence-electron chi connectivity index (χ1n) is 9.40. The predicted octanol–water partition coefficient (Wildman–Crippen LogP) is 1.92. The highest BCUT2D eigenvalue weighted by Crippen LogP contribution is 2.16. The van der Waals surface area contributed by atoms with Crippen LogP contribution in [0.1, 0.15) is 41.9 Å². The lowest BCUT2D eigenvalue weighted by atomic mass is 10.1. The first-order chi connectivity index (χ1) is 13.7. The van der Waals surface area contributed by atoms with Gasteiger partial charge in [0.25, 0.3) is 11.5 Å². The molecule has 0 bridgehead atoms. The lowest BCUT2D eigenvalue weighted by Crippen LogP contribution is -2.40. The van der Waals surface area contributed by atoms with Gasteiger partial charge in [0.2, 0.25) is 5.91 Å². The summed E-state index contributed by atoms with van der Waals surface area (Å²) in [5.74, 6) is -0.900. The molecule has 0 saturated heterocycles. The van der Waals surface area contributed by atoms with Crippen LogP contribution in [0, 0.1) is 0 Å². The number of hydrogen-bond acceptors (Lipinski definition) is 4. The van der Waals surface area contributed by atoms with Crippen LogP contribution in [-0.2, 0) is 17.8 Å². The number of benzene rings is 1. The Bertz CT molecular complexity index is 985. The first-order valence-corrected chi connectivity index (χ1v) is 9.40. The van der Waals surface area contributed by atoms with E-state index in [4.69, 9.17) is 0 Å². The van der Waals surface area contributed by atoms with Crippen molar-refractivity contribution in [3.63, 3.8) is 0 Å². The van der Waals surface area contributed by atoms with Gasteiger partial charge in [-0.1, -0.05) is 12.8 Å². The van der Waals surface area contributed by atoms with Crippen LogP contribution in [0.3, 0.4) is 0 Å². The molecule has 10 heteroatoms. The topological polar surface area (TPSA) is 93.1 Å². The fourth-order valence-electron chi connectivity index (χ4n) is 3.26. The van der Waals surface area contributed by atoms with Gasteiger partial charge in [0.15, 0.2) is 0 Å². The van der Waals surface area contributed by atoms with Gasteiger partial charge in [-0.25, -0.2) is 4.98 Å². The van der Waals surface area contributed by atoms with E-state index in [1.54, 1.807) is 9.88 Å². The third kappa shape index (κ3) is 5.33. The Morgan fingerprint density at radius 2 is 1.86 bits per heavy atom. The standard InChI is InChI=1S/C19H21F3N4O3/c20-19(21,22)11-24-16(27)10-23-17(28)12-6-7-13-14(9-12)25-15-5-3-1-2-4-8-26(15)18(13)29/h6-7,9H,1-5,8,10-11H2,(H,23,28)(H,24,27). The van der Waals surface area contributed by atoms with Crippen LogP contribution in [0.2, 0.25) is 0 Å². The monoisotopic (exact) mass is 410 g/mol. The molecule has 2 N–H and O–H groups in total. The van der Waals surface area contributed by atoms with Crippen molar-refractivity contribution >= 4 is 22.7 Å². The molecule has 2 amide bonds. The van der Waals surface area contributed by atoms with Gasteiger partial charge in [-0.3, -0.25) is 19.0 Å². The van der Waals surface area contributed by atoms with Crippen molar-refractivity contribution in [2.75, 3.05) is 13.1 Å². The fourth-order valence-corrected chi connectivity index (χ4v) is 3.26. The molecular formula is C19H21F3N4O3. The van der Waals surface area contributed by atoms with E-state index in [1.165, 1.54) is 18.2 Å². The number of rotatable bonds is 4. The normalized spacial score (nSPS) is 14.6. The van der Waals surface area contributed by atoms with Gasteiger partial charge in [0.05, 0.1) is 17.4 Å². The maximum absolute atomic E-state index is 12.8. The average molecular weight is 410 g/mol. The Kier molecular flexibility index (Phi) is 6.19. The summed E-state index contributed by atoms with van der Waals surface area (Å²) >= 11 is 0. The highest BCUT2D eigenvalue weighted by atomic mass is 19.4. The van der Waals surface area contributed by atoms with E-state index in [0.29, 0.717) is 29.7 Å². The number of carbonyl (C=O) groups excluding carboxylic acids is 2. The van der Waals surface area contributed by atoms with Gasteiger partial charge in [0.1, 0.15) is 12.4 Å². The third-order valence-electron chi connectivity index (χ3n) is 4.72. The minimum atomic E-state index is -4.52. The van der Waals surface area contributed by atoms with Gasteiger partial charge < -0.3 is 10.6 Å². The molecule has 1 aromatic carbocycles. The molecule has 0 atom stereocenters. The summed E-state index contributed by atoms with van der Waals surface area (Å²) in [6.45, 7) is -1.43. The van der Waals surface area contributed by atoms with Crippen molar-refractivity contribution in [3.05, 3.63) is 39.9 Å². The SMILES string of the molecule is O=C(CNC(=O)c1ccc2c(=O)n3c(nc2c1)CCCCCC3)NCC(F)(F)F. The van der Waals surface area contributed by atoms with Crippen molar-refractivity contribution in [1.29, 1.82) is 0 Å². The molecular weight excluding hydrogens is 389 g/mol. The number of halogens is 3. The molecule has 2 heterocycles. The molecule has 1 aliphatic rings. The largest absolute Gasteiger partial charge is 0.405 e. The van der Waals surface area contributed by atoms with Crippen LogP contribution < -0.4 is 16.2 Å². The second-order valence-electron chi connectivity index (χ2n) is 6.96. The molecule has 0 unspecified atom stereocenters. The molecule has 0 fully saturated rings. The number of amides is 2. The first kappa shape index (κ1) is 20.8. The molecule has 7 nitrogen and oxygen atoms in total. The molecule has 0 radical (unpaired) electrons. The Balaban J connectivity index is 1.75. The summed E-state index contributed by atoms with van der Waals surface area (Å²) in [6, 6.07) is 4.40. The van der Waals surface area contributed by atoms with E-state index < -0.39 is 31.1 Å². The summed E-state index contributed by atoms with van der Waals surface area (Å²) in [5, 5.41) is 4.34. The van der Waals surface area contributed by atoms with Gasteiger partial charge in [-0.2, -0.15) is 13.2 Å². The number of nitrogens with one attached hydrogen (secondary N) is 2. The van der Waals surface area contributed by atoms with Crippen LogP contribution in [-0.4, -0.2) is 40.6 Å². The van der Waals surface area contributed by atoms with E-state index in [-0.39, 0.29) is 11.1 Å². The number of alkyl halides is 3. The summed E-state index contributed by atoms with van der Waals surface area (Å²) in [4.78, 5) is 41.0. The fraction of sp³-hybridized carbons (Fsp3) is 0.474. The zero-order valence-electron chi connectivity index (χ0n) is 15.6. The van der Waals surface area contributed by atoms with Gasteiger partial charge >= 0.3 is 6.18 Å². The van der Waals surface area contributed by atoms with Crippen molar-refractivity contribution < 1.29 is 22.8 Å². The molecule has 0 saturated carbocycles. The molecule has 3 rings (SSSR count). The third-order valence-corrected chi connectivity index (χ3v) is 4.72. The van der Waals surface area contributed by atoms with Crippen molar-refractivity contribution in [3.8, 4) is 0 Å². The van der Waals surface area contributed by atoms with Crippen LogP contribution in [0.25, 0.3) is 10.9 Å². The van der Waals surface area contributed by atoms with Crippen molar-refractivity contribution in [2.24, 2.45) is 0 Å². The second kappa shape index (κ2) is 8.62. The highest BCUT2D eigenvalue weighted by molar-refractivity contribution is 5.99. The molecule has 0 aliphatic carbocycles. The molecule has 1 aliphatic heterocycles. The van der Waals surface area contributed by atoms with Gasteiger partial charge in [-0.15, -0.1) is 0 Å². The number of hydrogen-bond donors (Lipinski definition) is 2. The lowest BCUT2D eigenvalue weighted by molar-refractivity contribution is -0.137. The number of aryl methyl sites for hydroxylation is 1. The Labute approximate surface area is 164 Å². The zero-order valence-corrected chi connectivity index (χ0v) is 15.6. The molecule has 0 spiro atoms. The molecule has 1 aromatic heterocycles. The summed E-state index contributed by atoms with van der Waals surface area (Å²) < 4.78 is 38.0. The quantitative estimate of drug-likeness (QED) is 0.806. The smallest absolute Gasteiger partial charge is 0.345 e. The minimum Gasteiger partial charge on any atom is -0.345 e. The van der Waals surface area contributed by atoms with Crippen molar-refractivity contribution in [1.82, 2.24) is 20.2 Å². The van der Waals surface area contributed by atoms with Crippen LogP contribution in [0.15, 0.2) is 23.0 Å². The van der Waals surface area contributed by atoms with E-state index in [2.05, 4.69) is 10.3 Å². The molecule has 29 heavy (non-hydrogen) atoms. The highest BCUT2D eigenvalue weighted by Gasteiger charge is 2.27. The van der Waals surface area contributed by atoms with Crippen molar-refractivity contribution in [2.45, 2.75) is 44.8 Å². The Morgan fingerprint density at radius 3 is 2.62 bits per heavy atom. The van der Waals surface area contributed by atoms with Crippen LogP contribution in [0.4, 0.5) is 13.2 Å². The number of nitrogens with zero attached hydrogens (tertiary/aromatic N) is 2. The van der Waals surface area contributed by atoms with Gasteiger partial charge in [0, 0.05) is 18.5 Å². The summed E-state index contributed by atoms with van der Waals surface area (Å²) in [6.07, 6.45) is 0.157. The number of aromatic nitrogens is 2. The Morgan fingerprint density at radius 1 is 1.10 bits per heavy atom. The Hall–Kier alpha value is -2.91. The van der Waals surface area contributed by atoms with Crippen LogP contribution >= 0.6 is 0 Å². The zero-order chi connectivity index (χ0) is 21.0. The average Bonchev–Trinajstić information content (AvgIpc) is 2.65. The van der Waals surface area contributed by atoms with Crippen LogP contribution in [0.5, 0.6) is 0 Å². The second-order valence-corrected chi connectivity index (χ2v) is 6.96. The molecule has 156 valence electrons. The van der Waals surface area contributed by atoms with E-state index >= 15 is 0 Å². The predicted molar refractivity (Wildman–Crippen MR) is 99.6 cm³/mol. The molecule has 2 aromatic rings. The van der Waals surface area contributed by atoms with E-state index in [9.17, 15) is 27.6 Å². The maximum Gasteiger partial charge on any atom is 0.405 e. The summed E-state index contributed by atoms with van der Waals surface area (Å²) in [7, 11) is 0. The number of fused-ring (bicyclic) bond motifs is 2. The van der Waals surface area contributed by atoms with Gasteiger partial charge in [-0.05, 0) is 31.0 Å².